The summed E-state index contributed by atoms with van der Waals surface area (Å²) in [6.45, 7) is 2.28. The third-order valence-electron chi connectivity index (χ3n) is 5.02. The molecule has 3 rings (SSSR count). The molecular formula is C17H24N2O2S. The zero-order chi connectivity index (χ0) is 15.7. The van der Waals surface area contributed by atoms with Gasteiger partial charge in [0.05, 0.1) is 4.88 Å². The van der Waals surface area contributed by atoms with Crippen LogP contribution in [0.15, 0.2) is 6.07 Å². The van der Waals surface area contributed by atoms with Crippen molar-refractivity contribution in [3.63, 3.8) is 0 Å². The van der Waals surface area contributed by atoms with Gasteiger partial charge in [0.1, 0.15) is 0 Å². The molecule has 1 saturated carbocycles. The van der Waals surface area contributed by atoms with Crippen molar-refractivity contribution in [3.05, 3.63) is 21.4 Å². The standard InChI is InChI=1S/C17H24N2O2S/c1-10-2-7-14-12(8-10)9-15(22-14)17(21)19-13-5-3-11(4-6-13)16(18)20/h9-11,13H,2-8H2,1H3,(H2,18,20)(H,19,21)/t10-,11?,13?/m0/s1. The highest BCUT2D eigenvalue weighted by Gasteiger charge is 2.27. The third kappa shape index (κ3) is 3.35. The van der Waals surface area contributed by atoms with E-state index in [-0.39, 0.29) is 23.8 Å². The third-order valence-corrected chi connectivity index (χ3v) is 6.25. The maximum Gasteiger partial charge on any atom is 0.261 e. The molecule has 2 amide bonds. The summed E-state index contributed by atoms with van der Waals surface area (Å²) in [6.07, 6.45) is 6.72. The van der Waals surface area contributed by atoms with Gasteiger partial charge in [0.15, 0.2) is 0 Å². The molecule has 3 N–H and O–H groups in total. The Labute approximate surface area is 135 Å². The summed E-state index contributed by atoms with van der Waals surface area (Å²) in [7, 11) is 0. The molecule has 1 aromatic rings. The highest BCUT2D eigenvalue weighted by atomic mass is 32.1. The zero-order valence-corrected chi connectivity index (χ0v) is 13.9. The van der Waals surface area contributed by atoms with Crippen molar-refractivity contribution in [3.8, 4) is 0 Å². The van der Waals surface area contributed by atoms with Crippen molar-refractivity contribution in [1.82, 2.24) is 5.32 Å². The number of thiophene rings is 1. The predicted octanol–water partition coefficient (Wildman–Crippen LogP) is 2.65. The van der Waals surface area contributed by atoms with Crippen LogP contribution in [-0.2, 0) is 17.6 Å². The molecule has 0 aliphatic heterocycles. The van der Waals surface area contributed by atoms with Gasteiger partial charge in [-0.3, -0.25) is 9.59 Å². The SMILES string of the molecule is C[C@H]1CCc2sc(C(=O)NC3CCC(C(N)=O)CC3)cc2C1. The van der Waals surface area contributed by atoms with E-state index in [1.165, 1.54) is 16.9 Å². The van der Waals surface area contributed by atoms with Crippen molar-refractivity contribution < 1.29 is 9.59 Å². The number of amides is 2. The van der Waals surface area contributed by atoms with Crippen LogP contribution in [0, 0.1) is 11.8 Å². The number of hydrogen-bond donors (Lipinski definition) is 2. The summed E-state index contributed by atoms with van der Waals surface area (Å²) in [5, 5.41) is 3.13. The summed E-state index contributed by atoms with van der Waals surface area (Å²) in [5.41, 5.74) is 6.71. The highest BCUT2D eigenvalue weighted by Crippen LogP contribution is 2.32. The Morgan fingerprint density at radius 3 is 2.64 bits per heavy atom. The fourth-order valence-electron chi connectivity index (χ4n) is 3.60. The van der Waals surface area contributed by atoms with Crippen LogP contribution in [-0.4, -0.2) is 17.9 Å². The number of carbonyl (C=O) groups is 2. The Morgan fingerprint density at radius 1 is 1.23 bits per heavy atom. The molecule has 0 spiro atoms. The van der Waals surface area contributed by atoms with Crippen LogP contribution in [0.3, 0.4) is 0 Å². The number of fused-ring (bicyclic) bond motifs is 1. The molecule has 2 aliphatic carbocycles. The molecular weight excluding hydrogens is 296 g/mol. The fraction of sp³-hybridized carbons (Fsp3) is 0.647. The normalized spacial score (nSPS) is 28.0. The molecule has 1 fully saturated rings. The lowest BCUT2D eigenvalue weighted by atomic mass is 9.85. The maximum absolute atomic E-state index is 12.4. The van der Waals surface area contributed by atoms with Gasteiger partial charge >= 0.3 is 0 Å². The quantitative estimate of drug-likeness (QED) is 0.898. The molecule has 0 aromatic carbocycles. The Kier molecular flexibility index (Phi) is 4.52. The molecule has 5 heteroatoms. The van der Waals surface area contributed by atoms with Crippen molar-refractivity contribution in [2.75, 3.05) is 0 Å². The van der Waals surface area contributed by atoms with Gasteiger partial charge in [-0.05, 0) is 62.5 Å². The minimum absolute atomic E-state index is 0.0105. The second kappa shape index (κ2) is 6.41. The van der Waals surface area contributed by atoms with Gasteiger partial charge in [-0.2, -0.15) is 0 Å². The Morgan fingerprint density at radius 2 is 1.95 bits per heavy atom. The van der Waals surface area contributed by atoms with Crippen LogP contribution in [0.5, 0.6) is 0 Å². The van der Waals surface area contributed by atoms with E-state index >= 15 is 0 Å². The molecule has 0 unspecified atom stereocenters. The lowest BCUT2D eigenvalue weighted by Gasteiger charge is -2.27. The molecule has 1 atom stereocenters. The summed E-state index contributed by atoms with van der Waals surface area (Å²) in [5.74, 6) is 0.560. The van der Waals surface area contributed by atoms with E-state index in [1.807, 2.05) is 0 Å². The van der Waals surface area contributed by atoms with E-state index in [2.05, 4.69) is 18.3 Å². The van der Waals surface area contributed by atoms with Gasteiger partial charge in [-0.15, -0.1) is 11.3 Å². The molecule has 2 aliphatic rings. The lowest BCUT2D eigenvalue weighted by Crippen LogP contribution is -2.39. The van der Waals surface area contributed by atoms with Crippen molar-refractivity contribution in [2.24, 2.45) is 17.6 Å². The van der Waals surface area contributed by atoms with Gasteiger partial charge < -0.3 is 11.1 Å². The number of hydrogen-bond acceptors (Lipinski definition) is 3. The average Bonchev–Trinajstić information content (AvgIpc) is 2.91. The zero-order valence-electron chi connectivity index (χ0n) is 13.1. The van der Waals surface area contributed by atoms with Crippen molar-refractivity contribution in [1.29, 1.82) is 0 Å². The lowest BCUT2D eigenvalue weighted by molar-refractivity contribution is -0.122. The first-order valence-corrected chi connectivity index (χ1v) is 9.06. The summed E-state index contributed by atoms with van der Waals surface area (Å²) in [4.78, 5) is 25.8. The first-order chi connectivity index (χ1) is 10.5. The number of primary amides is 1. The van der Waals surface area contributed by atoms with Gasteiger partial charge in [0.2, 0.25) is 5.91 Å². The fourth-order valence-corrected chi connectivity index (χ4v) is 4.71. The van der Waals surface area contributed by atoms with Crippen LogP contribution >= 0.6 is 11.3 Å². The van der Waals surface area contributed by atoms with Gasteiger partial charge in [0.25, 0.3) is 5.91 Å². The van der Waals surface area contributed by atoms with Crippen molar-refractivity contribution >= 4 is 23.2 Å². The summed E-state index contributed by atoms with van der Waals surface area (Å²) in [6, 6.07) is 2.26. The Hall–Kier alpha value is -1.36. The maximum atomic E-state index is 12.4. The molecule has 22 heavy (non-hydrogen) atoms. The number of aryl methyl sites for hydroxylation is 1. The number of carbonyl (C=O) groups excluding carboxylic acids is 2. The van der Waals surface area contributed by atoms with Crippen LogP contribution in [0.25, 0.3) is 0 Å². The molecule has 0 saturated heterocycles. The largest absolute Gasteiger partial charge is 0.369 e. The number of rotatable bonds is 3. The summed E-state index contributed by atoms with van der Waals surface area (Å²) < 4.78 is 0. The topological polar surface area (TPSA) is 72.2 Å². The monoisotopic (exact) mass is 320 g/mol. The van der Waals surface area contributed by atoms with E-state index in [4.69, 9.17) is 5.73 Å². The first kappa shape index (κ1) is 15.5. The van der Waals surface area contributed by atoms with Gasteiger partial charge in [-0.1, -0.05) is 6.92 Å². The van der Waals surface area contributed by atoms with Crippen LogP contribution in [0.2, 0.25) is 0 Å². The molecule has 1 aromatic heterocycles. The van der Waals surface area contributed by atoms with Crippen molar-refractivity contribution in [2.45, 2.75) is 57.9 Å². The molecule has 4 nitrogen and oxygen atoms in total. The van der Waals surface area contributed by atoms with E-state index in [9.17, 15) is 9.59 Å². The molecule has 1 heterocycles. The van der Waals surface area contributed by atoms with Crippen LogP contribution in [0.1, 0.15) is 59.1 Å². The number of nitrogens with two attached hydrogens (primary N) is 1. The molecule has 0 bridgehead atoms. The van der Waals surface area contributed by atoms with E-state index in [0.717, 1.165) is 49.3 Å². The van der Waals surface area contributed by atoms with Crippen LogP contribution < -0.4 is 11.1 Å². The predicted molar refractivity (Wildman–Crippen MR) is 87.9 cm³/mol. The second-order valence-corrected chi connectivity index (χ2v) is 7.97. The molecule has 0 radical (unpaired) electrons. The first-order valence-electron chi connectivity index (χ1n) is 8.24. The van der Waals surface area contributed by atoms with Gasteiger partial charge in [0, 0.05) is 16.8 Å². The summed E-state index contributed by atoms with van der Waals surface area (Å²) >= 11 is 1.65. The highest BCUT2D eigenvalue weighted by molar-refractivity contribution is 7.14. The van der Waals surface area contributed by atoms with E-state index < -0.39 is 0 Å². The average molecular weight is 320 g/mol. The minimum atomic E-state index is -0.204. The van der Waals surface area contributed by atoms with E-state index in [0.29, 0.717) is 0 Å². The Bertz CT molecular complexity index is 573. The molecule has 120 valence electrons. The number of nitrogens with one attached hydrogen (secondary N) is 1. The second-order valence-electron chi connectivity index (χ2n) is 6.83. The van der Waals surface area contributed by atoms with E-state index in [1.54, 1.807) is 11.3 Å². The Balaban J connectivity index is 1.58. The minimum Gasteiger partial charge on any atom is -0.369 e. The smallest absolute Gasteiger partial charge is 0.261 e. The van der Waals surface area contributed by atoms with Gasteiger partial charge in [-0.25, -0.2) is 0 Å². The van der Waals surface area contributed by atoms with Crippen LogP contribution in [0.4, 0.5) is 0 Å².